The van der Waals surface area contributed by atoms with Gasteiger partial charge in [0.2, 0.25) is 0 Å². The molecule has 1 fully saturated rings. The van der Waals surface area contributed by atoms with Crippen molar-refractivity contribution in [2.75, 3.05) is 6.61 Å². The highest BCUT2D eigenvalue weighted by molar-refractivity contribution is 5.10. The zero-order chi connectivity index (χ0) is 11.3. The lowest BCUT2D eigenvalue weighted by Crippen LogP contribution is -2.53. The van der Waals surface area contributed by atoms with Crippen molar-refractivity contribution in [1.29, 1.82) is 5.26 Å². The molecule has 86 valence electrons. The zero-order valence-corrected chi connectivity index (χ0v) is 10.0. The monoisotopic (exact) mass is 210 g/mol. The van der Waals surface area contributed by atoms with E-state index in [2.05, 4.69) is 32.2 Å². The maximum atomic E-state index is 9.31. The molecule has 1 aliphatic heterocycles. The van der Waals surface area contributed by atoms with Crippen LogP contribution >= 0.6 is 0 Å². The molecule has 1 N–H and O–H groups in total. The van der Waals surface area contributed by atoms with Crippen molar-refractivity contribution in [3.8, 4) is 6.07 Å². The van der Waals surface area contributed by atoms with Gasteiger partial charge in [0.25, 0.3) is 0 Å². The average Bonchev–Trinajstić information content (AvgIpc) is 2.18. The summed E-state index contributed by atoms with van der Waals surface area (Å²) in [4.78, 5) is 0. The van der Waals surface area contributed by atoms with Gasteiger partial charge in [0, 0.05) is 25.5 Å². The highest BCUT2D eigenvalue weighted by Crippen LogP contribution is 2.27. The van der Waals surface area contributed by atoms with Gasteiger partial charge in [-0.25, -0.2) is 0 Å². The average molecular weight is 210 g/mol. The summed E-state index contributed by atoms with van der Waals surface area (Å²) >= 11 is 0. The summed E-state index contributed by atoms with van der Waals surface area (Å²) in [5, 5.41) is 12.7. The van der Waals surface area contributed by atoms with Crippen LogP contribution in [0.15, 0.2) is 0 Å². The minimum Gasteiger partial charge on any atom is -0.378 e. The van der Waals surface area contributed by atoms with E-state index in [0.717, 1.165) is 25.7 Å². The van der Waals surface area contributed by atoms with E-state index in [0.29, 0.717) is 12.6 Å². The van der Waals surface area contributed by atoms with Crippen LogP contribution in [0.3, 0.4) is 0 Å². The Morgan fingerprint density at radius 3 is 2.87 bits per heavy atom. The van der Waals surface area contributed by atoms with Crippen molar-refractivity contribution in [2.45, 2.75) is 64.1 Å². The van der Waals surface area contributed by atoms with E-state index >= 15 is 0 Å². The van der Waals surface area contributed by atoms with Crippen LogP contribution in [-0.2, 0) is 4.74 Å². The Morgan fingerprint density at radius 2 is 2.33 bits per heavy atom. The molecule has 0 aromatic heterocycles. The number of nitrogens with one attached hydrogen (secondary N) is 1. The predicted octanol–water partition coefficient (Wildman–Crippen LogP) is 2.23. The second kappa shape index (κ2) is 5.48. The molecular formula is C12H22N2O. The molecule has 0 saturated carbocycles. The van der Waals surface area contributed by atoms with E-state index in [-0.39, 0.29) is 11.6 Å². The van der Waals surface area contributed by atoms with Crippen molar-refractivity contribution >= 4 is 0 Å². The van der Waals surface area contributed by atoms with E-state index in [1.165, 1.54) is 0 Å². The first-order chi connectivity index (χ1) is 7.12. The summed E-state index contributed by atoms with van der Waals surface area (Å²) in [6.45, 7) is 7.03. The van der Waals surface area contributed by atoms with Crippen molar-refractivity contribution < 1.29 is 4.74 Å². The van der Waals surface area contributed by atoms with Crippen molar-refractivity contribution in [3.05, 3.63) is 0 Å². The van der Waals surface area contributed by atoms with Crippen LogP contribution in [0.5, 0.6) is 0 Å². The number of rotatable bonds is 4. The van der Waals surface area contributed by atoms with Gasteiger partial charge in [0.15, 0.2) is 0 Å². The number of ether oxygens (including phenoxy) is 1. The van der Waals surface area contributed by atoms with Gasteiger partial charge in [-0.05, 0) is 20.3 Å². The van der Waals surface area contributed by atoms with E-state index < -0.39 is 0 Å². The lowest BCUT2D eigenvalue weighted by Gasteiger charge is -2.37. The fourth-order valence-electron chi connectivity index (χ4n) is 2.27. The first kappa shape index (κ1) is 12.5. The van der Waals surface area contributed by atoms with Gasteiger partial charge in [0.05, 0.1) is 12.2 Å². The van der Waals surface area contributed by atoms with E-state index in [1.54, 1.807) is 0 Å². The molecule has 1 saturated heterocycles. The van der Waals surface area contributed by atoms with E-state index in [4.69, 9.17) is 4.74 Å². The first-order valence-electron chi connectivity index (χ1n) is 5.92. The standard InChI is InChI=1S/C12H22N2O/c1-4-5-11-8-12(9-13,6-7-15-11)14-10(2)3/h10-11,14H,4-8H2,1-3H3. The number of hydrogen-bond donors (Lipinski definition) is 1. The molecule has 0 aliphatic carbocycles. The molecule has 1 rings (SSSR count). The maximum Gasteiger partial charge on any atom is 0.111 e. The molecule has 2 atom stereocenters. The van der Waals surface area contributed by atoms with Gasteiger partial charge in [-0.15, -0.1) is 0 Å². The second-order valence-electron chi connectivity index (χ2n) is 4.73. The summed E-state index contributed by atoms with van der Waals surface area (Å²) in [6, 6.07) is 2.80. The lowest BCUT2D eigenvalue weighted by molar-refractivity contribution is -0.0202. The second-order valence-corrected chi connectivity index (χ2v) is 4.73. The topological polar surface area (TPSA) is 45.0 Å². The van der Waals surface area contributed by atoms with Crippen LogP contribution in [0, 0.1) is 11.3 Å². The fourth-order valence-corrected chi connectivity index (χ4v) is 2.27. The van der Waals surface area contributed by atoms with Gasteiger partial charge >= 0.3 is 0 Å². The smallest absolute Gasteiger partial charge is 0.111 e. The fraction of sp³-hybridized carbons (Fsp3) is 0.917. The van der Waals surface area contributed by atoms with Crippen molar-refractivity contribution in [2.24, 2.45) is 0 Å². The largest absolute Gasteiger partial charge is 0.378 e. The molecule has 2 unspecified atom stereocenters. The molecule has 3 heteroatoms. The van der Waals surface area contributed by atoms with Gasteiger partial charge in [-0.3, -0.25) is 5.32 Å². The van der Waals surface area contributed by atoms with Gasteiger partial charge < -0.3 is 4.74 Å². The molecule has 0 radical (unpaired) electrons. The third-order valence-corrected chi connectivity index (χ3v) is 2.85. The molecule has 0 aromatic rings. The molecular weight excluding hydrogens is 188 g/mol. The Labute approximate surface area is 92.8 Å². The summed E-state index contributed by atoms with van der Waals surface area (Å²) < 4.78 is 5.67. The van der Waals surface area contributed by atoms with Crippen molar-refractivity contribution in [1.82, 2.24) is 5.32 Å². The molecule has 1 aliphatic rings. The Kier molecular flexibility index (Phi) is 4.56. The molecule has 0 bridgehead atoms. The summed E-state index contributed by atoms with van der Waals surface area (Å²) in [5.41, 5.74) is -0.355. The molecule has 0 amide bonds. The Balaban J connectivity index is 2.60. The van der Waals surface area contributed by atoms with Crippen LogP contribution in [0.2, 0.25) is 0 Å². The Bertz CT molecular complexity index is 232. The van der Waals surface area contributed by atoms with Gasteiger partial charge in [-0.2, -0.15) is 5.26 Å². The quantitative estimate of drug-likeness (QED) is 0.774. The minimum atomic E-state index is -0.355. The lowest BCUT2D eigenvalue weighted by atomic mass is 9.86. The summed E-state index contributed by atoms with van der Waals surface area (Å²) in [6.07, 6.45) is 4.07. The number of hydrogen-bond acceptors (Lipinski definition) is 3. The molecule has 1 heterocycles. The molecule has 3 nitrogen and oxygen atoms in total. The third kappa shape index (κ3) is 3.48. The molecule has 15 heavy (non-hydrogen) atoms. The van der Waals surface area contributed by atoms with Crippen LogP contribution in [0.1, 0.15) is 46.5 Å². The molecule has 0 aromatic carbocycles. The highest BCUT2D eigenvalue weighted by Gasteiger charge is 2.37. The van der Waals surface area contributed by atoms with E-state index in [9.17, 15) is 5.26 Å². The van der Waals surface area contributed by atoms with Crippen LogP contribution in [-0.4, -0.2) is 24.3 Å². The SMILES string of the molecule is CCCC1CC(C#N)(NC(C)C)CCO1. The Hall–Kier alpha value is -0.590. The maximum absolute atomic E-state index is 9.31. The third-order valence-electron chi connectivity index (χ3n) is 2.85. The Morgan fingerprint density at radius 1 is 1.60 bits per heavy atom. The first-order valence-corrected chi connectivity index (χ1v) is 5.92. The number of nitriles is 1. The van der Waals surface area contributed by atoms with Crippen LogP contribution in [0.4, 0.5) is 0 Å². The highest BCUT2D eigenvalue weighted by atomic mass is 16.5. The van der Waals surface area contributed by atoms with Crippen LogP contribution in [0.25, 0.3) is 0 Å². The normalized spacial score (nSPS) is 31.5. The van der Waals surface area contributed by atoms with Gasteiger partial charge in [0.1, 0.15) is 5.54 Å². The summed E-state index contributed by atoms with van der Waals surface area (Å²) in [7, 11) is 0. The van der Waals surface area contributed by atoms with E-state index in [1.807, 2.05) is 0 Å². The molecule has 0 spiro atoms. The van der Waals surface area contributed by atoms with Crippen LogP contribution < -0.4 is 5.32 Å². The van der Waals surface area contributed by atoms with Crippen molar-refractivity contribution in [3.63, 3.8) is 0 Å². The van der Waals surface area contributed by atoms with Gasteiger partial charge in [-0.1, -0.05) is 13.3 Å². The zero-order valence-electron chi connectivity index (χ0n) is 10.0. The predicted molar refractivity (Wildman–Crippen MR) is 60.5 cm³/mol. The summed E-state index contributed by atoms with van der Waals surface area (Å²) in [5.74, 6) is 0. The minimum absolute atomic E-state index is 0.259. The number of nitrogens with zero attached hydrogens (tertiary/aromatic N) is 1.